The largest absolute Gasteiger partial charge is 0.414 e. The Morgan fingerprint density at radius 1 is 1.10 bits per heavy atom. The maximum Gasteiger partial charge on any atom is 0.192 e. The molecule has 0 aromatic carbocycles. The van der Waals surface area contributed by atoms with Crippen LogP contribution >= 0.6 is 0 Å². The minimum atomic E-state index is -1.71. The summed E-state index contributed by atoms with van der Waals surface area (Å²) >= 11 is 0. The molecule has 2 nitrogen and oxygen atoms in total. The van der Waals surface area contributed by atoms with Crippen LogP contribution in [-0.4, -0.2) is 14.4 Å². The fraction of sp³-hybridized carbons (Fsp3) is 0.893. The second kappa shape index (κ2) is 7.73. The van der Waals surface area contributed by atoms with Crippen molar-refractivity contribution >= 4 is 8.32 Å². The number of rotatable bonds is 3. The van der Waals surface area contributed by atoms with Gasteiger partial charge in [-0.15, -0.1) is 0 Å². The third-order valence-electron chi connectivity index (χ3n) is 11.2. The second-order valence-electron chi connectivity index (χ2n) is 13.6. The molecule has 4 aliphatic rings. The molecule has 0 aliphatic heterocycles. The van der Waals surface area contributed by atoms with E-state index >= 15 is 0 Å². The Labute approximate surface area is 193 Å². The minimum absolute atomic E-state index is 0.208. The molecule has 31 heavy (non-hydrogen) atoms. The van der Waals surface area contributed by atoms with Gasteiger partial charge in [0.2, 0.25) is 0 Å². The van der Waals surface area contributed by atoms with Crippen molar-refractivity contribution in [2.75, 3.05) is 0 Å². The molecule has 3 fully saturated rings. The van der Waals surface area contributed by atoms with Crippen LogP contribution in [0.4, 0.5) is 0 Å². The molecule has 8 atom stereocenters. The van der Waals surface area contributed by atoms with Crippen molar-refractivity contribution in [2.45, 2.75) is 117 Å². The summed E-state index contributed by atoms with van der Waals surface area (Å²) in [4.78, 5) is 0. The van der Waals surface area contributed by atoms with Gasteiger partial charge >= 0.3 is 0 Å². The Balaban J connectivity index is 1.53. The van der Waals surface area contributed by atoms with E-state index in [1.54, 1.807) is 5.57 Å². The number of hydrogen-bond acceptors (Lipinski definition) is 2. The molecule has 0 heterocycles. The summed E-state index contributed by atoms with van der Waals surface area (Å²) < 4.78 is 6.88. The van der Waals surface area contributed by atoms with Gasteiger partial charge in [-0.2, -0.15) is 5.26 Å². The highest BCUT2D eigenvalue weighted by Crippen LogP contribution is 2.67. The first kappa shape index (κ1) is 23.6. The van der Waals surface area contributed by atoms with Crippen LogP contribution in [0.15, 0.2) is 11.6 Å². The molecule has 174 valence electrons. The molecule has 4 aliphatic carbocycles. The lowest BCUT2D eigenvalue weighted by atomic mass is 9.47. The van der Waals surface area contributed by atoms with E-state index in [2.05, 4.69) is 66.8 Å². The molecule has 0 amide bonds. The van der Waals surface area contributed by atoms with Gasteiger partial charge in [0, 0.05) is 12.0 Å². The second-order valence-corrected chi connectivity index (χ2v) is 18.4. The van der Waals surface area contributed by atoms with Crippen molar-refractivity contribution in [1.29, 1.82) is 5.26 Å². The fourth-order valence-corrected chi connectivity index (χ4v) is 9.66. The van der Waals surface area contributed by atoms with Crippen molar-refractivity contribution in [3.05, 3.63) is 11.6 Å². The van der Waals surface area contributed by atoms with E-state index in [9.17, 15) is 5.26 Å². The zero-order valence-electron chi connectivity index (χ0n) is 21.6. The van der Waals surface area contributed by atoms with Gasteiger partial charge < -0.3 is 4.43 Å². The highest BCUT2D eigenvalue weighted by Gasteiger charge is 2.59. The Hall–Kier alpha value is -0.593. The smallest absolute Gasteiger partial charge is 0.192 e. The first-order valence-corrected chi connectivity index (χ1v) is 16.0. The van der Waals surface area contributed by atoms with Gasteiger partial charge in [-0.3, -0.25) is 0 Å². The SMILES string of the molecule is CC(C#N)[C@H]1CC[C@H]2[C@@H]3CC=C4CC(O[Si](C)(C)C(C)(C)C)CC[C@]4(C)[C@H]3CC[C@]12C. The van der Waals surface area contributed by atoms with E-state index in [1.165, 1.54) is 51.4 Å². The van der Waals surface area contributed by atoms with Crippen molar-refractivity contribution < 1.29 is 4.43 Å². The average Bonchev–Trinajstić information content (AvgIpc) is 3.04. The van der Waals surface area contributed by atoms with Crippen LogP contribution in [0.25, 0.3) is 0 Å². The minimum Gasteiger partial charge on any atom is -0.414 e. The van der Waals surface area contributed by atoms with E-state index in [0.717, 1.165) is 17.8 Å². The lowest BCUT2D eigenvalue weighted by Gasteiger charge is -2.58. The van der Waals surface area contributed by atoms with E-state index < -0.39 is 8.32 Å². The molecule has 0 radical (unpaired) electrons. The zero-order valence-corrected chi connectivity index (χ0v) is 22.6. The number of nitrogens with zero attached hydrogens (tertiary/aromatic N) is 1. The van der Waals surface area contributed by atoms with Gasteiger partial charge in [0.15, 0.2) is 8.32 Å². The van der Waals surface area contributed by atoms with Crippen LogP contribution in [0.5, 0.6) is 0 Å². The van der Waals surface area contributed by atoms with Gasteiger partial charge in [-0.25, -0.2) is 0 Å². The molecule has 0 bridgehead atoms. The van der Waals surface area contributed by atoms with Crippen molar-refractivity contribution in [1.82, 2.24) is 0 Å². The first-order valence-electron chi connectivity index (χ1n) is 13.1. The molecule has 2 unspecified atom stereocenters. The van der Waals surface area contributed by atoms with Crippen LogP contribution in [0.3, 0.4) is 0 Å². The van der Waals surface area contributed by atoms with Gasteiger partial charge in [0.25, 0.3) is 0 Å². The van der Waals surface area contributed by atoms with E-state index in [4.69, 9.17) is 4.43 Å². The molecule has 0 aromatic rings. The molecule has 3 saturated carbocycles. The lowest BCUT2D eigenvalue weighted by molar-refractivity contribution is -0.0528. The third-order valence-corrected chi connectivity index (χ3v) is 15.7. The van der Waals surface area contributed by atoms with Crippen LogP contribution in [0.2, 0.25) is 18.1 Å². The van der Waals surface area contributed by atoms with Crippen molar-refractivity contribution in [3.8, 4) is 6.07 Å². The topological polar surface area (TPSA) is 33.0 Å². The standard InChI is InChI=1S/C28H47NOSi/c1-19(18-29)23-11-12-24-22-10-9-20-17-21(30-31(7,8)26(2,3)4)13-15-27(20,5)25(22)14-16-28(23,24)6/h9,19,21-25H,10-17H2,1-8H3/t19?,21?,22-,23+,24-,25-,27-,28+/m0/s1. The molecule has 0 aromatic heterocycles. The van der Waals surface area contributed by atoms with E-state index in [0.29, 0.717) is 22.9 Å². The molecule has 4 rings (SSSR count). The summed E-state index contributed by atoms with van der Waals surface area (Å²) in [5, 5.41) is 9.90. The van der Waals surface area contributed by atoms with Gasteiger partial charge in [0.1, 0.15) is 0 Å². The Morgan fingerprint density at radius 2 is 1.81 bits per heavy atom. The van der Waals surface area contributed by atoms with Gasteiger partial charge in [-0.1, -0.05) is 46.3 Å². The Morgan fingerprint density at radius 3 is 2.45 bits per heavy atom. The average molecular weight is 442 g/mol. The van der Waals surface area contributed by atoms with Gasteiger partial charge in [0.05, 0.1) is 6.07 Å². The molecule has 0 N–H and O–H groups in total. The van der Waals surface area contributed by atoms with Gasteiger partial charge in [-0.05, 0) is 111 Å². The highest BCUT2D eigenvalue weighted by molar-refractivity contribution is 6.74. The summed E-state index contributed by atoms with van der Waals surface area (Å²) in [6, 6.07) is 2.60. The van der Waals surface area contributed by atoms with Crippen LogP contribution in [-0.2, 0) is 4.43 Å². The lowest BCUT2D eigenvalue weighted by Crippen LogP contribution is -2.52. The number of allylic oxidation sites excluding steroid dienone is 1. The summed E-state index contributed by atoms with van der Waals surface area (Å²) in [6.07, 6.45) is 13.4. The molecular weight excluding hydrogens is 394 g/mol. The fourth-order valence-electron chi connectivity index (χ4n) is 8.27. The van der Waals surface area contributed by atoms with Crippen LogP contribution in [0.1, 0.15) is 92.9 Å². The number of fused-ring (bicyclic) bond motifs is 5. The summed E-state index contributed by atoms with van der Waals surface area (Å²) in [5.41, 5.74) is 2.50. The molecule has 0 saturated heterocycles. The molecular formula is C28H47NOSi. The molecule has 0 spiro atoms. The normalized spacial score (nSPS) is 43.8. The quantitative estimate of drug-likeness (QED) is 0.327. The summed E-state index contributed by atoms with van der Waals surface area (Å²) in [7, 11) is -1.71. The number of hydrogen-bond donors (Lipinski definition) is 0. The van der Waals surface area contributed by atoms with Crippen molar-refractivity contribution in [2.24, 2.45) is 40.4 Å². The predicted molar refractivity (Wildman–Crippen MR) is 132 cm³/mol. The Bertz CT molecular complexity index is 773. The molecule has 3 heteroatoms. The monoisotopic (exact) mass is 441 g/mol. The van der Waals surface area contributed by atoms with E-state index in [1.807, 2.05) is 0 Å². The van der Waals surface area contributed by atoms with E-state index in [-0.39, 0.29) is 11.0 Å². The maximum atomic E-state index is 9.61. The summed E-state index contributed by atoms with van der Waals surface area (Å²) in [6.45, 7) is 19.2. The predicted octanol–water partition coefficient (Wildman–Crippen LogP) is 8.12. The summed E-state index contributed by atoms with van der Waals surface area (Å²) in [5.74, 6) is 3.31. The van der Waals surface area contributed by atoms with Crippen LogP contribution in [0, 0.1) is 51.8 Å². The third kappa shape index (κ3) is 3.69. The first-order chi connectivity index (χ1) is 14.3. The zero-order chi connectivity index (χ0) is 22.8. The highest BCUT2D eigenvalue weighted by atomic mass is 28.4. The Kier molecular flexibility index (Phi) is 5.87. The maximum absolute atomic E-state index is 9.61. The van der Waals surface area contributed by atoms with Crippen LogP contribution < -0.4 is 0 Å². The van der Waals surface area contributed by atoms with Crippen molar-refractivity contribution in [3.63, 3.8) is 0 Å². The number of nitriles is 1.